The number of nitrogens with zero attached hydrogens (tertiary/aromatic N) is 2. The molecule has 0 aliphatic carbocycles. The van der Waals surface area contributed by atoms with Gasteiger partial charge in [-0.25, -0.2) is 0 Å². The molecule has 2 aliphatic heterocycles. The van der Waals surface area contributed by atoms with Crippen molar-refractivity contribution in [2.75, 3.05) is 6.54 Å². The molecule has 1 unspecified atom stereocenters. The van der Waals surface area contributed by atoms with Gasteiger partial charge in [-0.2, -0.15) is 0 Å². The summed E-state index contributed by atoms with van der Waals surface area (Å²) in [5, 5.41) is 0. The first-order valence-corrected chi connectivity index (χ1v) is 8.47. The average molecular weight is 323 g/mol. The fourth-order valence-corrected chi connectivity index (χ4v) is 4.19. The number of pyridine rings is 1. The maximum absolute atomic E-state index is 4.67. The van der Waals surface area contributed by atoms with Gasteiger partial charge in [0, 0.05) is 34.4 Å². The van der Waals surface area contributed by atoms with Crippen molar-refractivity contribution in [3.05, 3.63) is 28.5 Å². The van der Waals surface area contributed by atoms with E-state index in [1.165, 1.54) is 50.8 Å². The topological polar surface area (TPSA) is 16.1 Å². The van der Waals surface area contributed by atoms with Crippen LogP contribution in [0, 0.1) is 0 Å². The van der Waals surface area contributed by atoms with E-state index in [9.17, 15) is 0 Å². The van der Waals surface area contributed by atoms with Gasteiger partial charge in [-0.05, 0) is 53.9 Å². The molecule has 3 atom stereocenters. The fraction of sp³-hybridized carbons (Fsp3) is 0.688. The zero-order chi connectivity index (χ0) is 13.2. The molecule has 2 nitrogen and oxygen atoms in total. The molecule has 1 aromatic rings. The molecule has 2 saturated heterocycles. The van der Waals surface area contributed by atoms with Crippen LogP contribution in [0.2, 0.25) is 0 Å². The van der Waals surface area contributed by atoms with Crippen molar-refractivity contribution in [2.45, 2.75) is 63.5 Å². The Morgan fingerprint density at radius 3 is 2.84 bits per heavy atom. The van der Waals surface area contributed by atoms with Crippen molar-refractivity contribution in [2.24, 2.45) is 0 Å². The monoisotopic (exact) mass is 322 g/mol. The second-order valence-corrected chi connectivity index (χ2v) is 6.83. The molecule has 0 radical (unpaired) electrons. The van der Waals surface area contributed by atoms with E-state index in [1.807, 2.05) is 6.20 Å². The number of fused-ring (bicyclic) bond motifs is 1. The van der Waals surface area contributed by atoms with E-state index < -0.39 is 0 Å². The van der Waals surface area contributed by atoms with E-state index in [-0.39, 0.29) is 0 Å². The zero-order valence-electron chi connectivity index (χ0n) is 11.7. The fourth-order valence-electron chi connectivity index (χ4n) is 3.96. The Morgan fingerprint density at radius 1 is 1.26 bits per heavy atom. The molecule has 1 aromatic heterocycles. The van der Waals surface area contributed by atoms with Crippen LogP contribution in [0.1, 0.15) is 57.1 Å². The Bertz CT molecular complexity index is 417. The van der Waals surface area contributed by atoms with Gasteiger partial charge in [0.1, 0.15) is 0 Å². The van der Waals surface area contributed by atoms with Crippen LogP contribution in [0.15, 0.2) is 22.8 Å². The van der Waals surface area contributed by atoms with Crippen LogP contribution < -0.4 is 0 Å². The third kappa shape index (κ3) is 2.59. The zero-order valence-corrected chi connectivity index (χ0v) is 13.3. The summed E-state index contributed by atoms with van der Waals surface area (Å²) in [6, 6.07) is 5.82. The van der Waals surface area contributed by atoms with Crippen molar-refractivity contribution >= 4 is 15.9 Å². The minimum Gasteiger partial charge on any atom is -0.296 e. The molecule has 3 heterocycles. The maximum atomic E-state index is 4.67. The van der Waals surface area contributed by atoms with Gasteiger partial charge in [-0.3, -0.25) is 9.88 Å². The molecule has 0 saturated carbocycles. The molecule has 3 heteroatoms. The molecule has 0 bridgehead atoms. The molecular weight excluding hydrogens is 300 g/mol. The summed E-state index contributed by atoms with van der Waals surface area (Å²) in [4.78, 5) is 7.43. The Kier molecular flexibility index (Phi) is 4.23. The van der Waals surface area contributed by atoms with Crippen LogP contribution >= 0.6 is 15.9 Å². The maximum Gasteiger partial charge on any atom is 0.0466 e. The number of hydrogen-bond donors (Lipinski definition) is 0. The van der Waals surface area contributed by atoms with Crippen LogP contribution in [-0.2, 0) is 0 Å². The summed E-state index contributed by atoms with van der Waals surface area (Å²) in [6.45, 7) is 3.63. The third-order valence-corrected chi connectivity index (χ3v) is 5.33. The highest BCUT2D eigenvalue weighted by atomic mass is 79.9. The van der Waals surface area contributed by atoms with Gasteiger partial charge >= 0.3 is 0 Å². The van der Waals surface area contributed by atoms with E-state index in [2.05, 4.69) is 44.9 Å². The van der Waals surface area contributed by atoms with Crippen LogP contribution in [0.4, 0.5) is 0 Å². The van der Waals surface area contributed by atoms with E-state index in [4.69, 9.17) is 0 Å². The molecular formula is C16H23BrN2. The van der Waals surface area contributed by atoms with Gasteiger partial charge in [0.05, 0.1) is 0 Å². The van der Waals surface area contributed by atoms with Gasteiger partial charge in [0.15, 0.2) is 0 Å². The summed E-state index contributed by atoms with van der Waals surface area (Å²) in [5.41, 5.74) is 1.30. The molecule has 0 N–H and O–H groups in total. The van der Waals surface area contributed by atoms with E-state index in [1.54, 1.807) is 0 Å². The van der Waals surface area contributed by atoms with Crippen molar-refractivity contribution in [3.63, 3.8) is 0 Å². The van der Waals surface area contributed by atoms with Crippen LogP contribution in [0.3, 0.4) is 0 Å². The van der Waals surface area contributed by atoms with Gasteiger partial charge in [-0.15, -0.1) is 0 Å². The lowest BCUT2D eigenvalue weighted by Crippen LogP contribution is -2.62. The van der Waals surface area contributed by atoms with Crippen molar-refractivity contribution in [3.8, 4) is 0 Å². The molecule has 2 aliphatic rings. The van der Waals surface area contributed by atoms with Gasteiger partial charge in [0.25, 0.3) is 0 Å². The van der Waals surface area contributed by atoms with Gasteiger partial charge in [-0.1, -0.05) is 26.2 Å². The number of rotatable bonds is 2. The Morgan fingerprint density at radius 2 is 2.11 bits per heavy atom. The average Bonchev–Trinajstić information content (AvgIpc) is 2.39. The molecule has 104 valence electrons. The first-order valence-electron chi connectivity index (χ1n) is 7.68. The molecule has 2 fully saturated rings. The number of aromatic nitrogens is 1. The largest absolute Gasteiger partial charge is 0.296 e. The summed E-state index contributed by atoms with van der Waals surface area (Å²) < 4.78 is 1.08. The van der Waals surface area contributed by atoms with Crippen LogP contribution in [0.25, 0.3) is 0 Å². The molecule has 3 rings (SSSR count). The van der Waals surface area contributed by atoms with Crippen molar-refractivity contribution < 1.29 is 0 Å². The van der Waals surface area contributed by atoms with Gasteiger partial charge < -0.3 is 0 Å². The predicted octanol–water partition coefficient (Wildman–Crippen LogP) is 4.35. The van der Waals surface area contributed by atoms with Crippen LogP contribution in [-0.4, -0.2) is 28.5 Å². The second-order valence-electron chi connectivity index (χ2n) is 5.91. The van der Waals surface area contributed by atoms with E-state index in [0.717, 1.165) is 16.6 Å². The molecule has 0 spiro atoms. The Labute approximate surface area is 124 Å². The normalized spacial score (nSPS) is 32.0. The molecule has 0 aromatic carbocycles. The second kappa shape index (κ2) is 5.92. The summed E-state index contributed by atoms with van der Waals surface area (Å²) in [6.07, 6.45) is 10.2. The van der Waals surface area contributed by atoms with Crippen LogP contribution in [0.5, 0.6) is 0 Å². The Balaban J connectivity index is 1.81. The smallest absolute Gasteiger partial charge is 0.0466 e. The SMILES string of the molecule is CC[C@@H]1[C@H](c2ccc(Br)cn2)C2CCCCCCN21. The summed E-state index contributed by atoms with van der Waals surface area (Å²) >= 11 is 3.49. The predicted molar refractivity (Wildman–Crippen MR) is 82.3 cm³/mol. The molecule has 0 amide bonds. The van der Waals surface area contributed by atoms with Crippen molar-refractivity contribution in [1.82, 2.24) is 9.88 Å². The lowest BCUT2D eigenvalue weighted by Gasteiger charge is -2.56. The first-order chi connectivity index (χ1) is 9.31. The van der Waals surface area contributed by atoms with Gasteiger partial charge in [0.2, 0.25) is 0 Å². The summed E-state index contributed by atoms with van der Waals surface area (Å²) in [7, 11) is 0. The Hall–Kier alpha value is -0.410. The standard InChI is InChI=1S/C16H23BrN2/c1-2-14-16(13-9-8-12(17)11-18-13)15-7-5-3-4-6-10-19(14)15/h8-9,11,14-16H,2-7,10H2,1H3/t14-,15?,16+/m1/s1. The first kappa shape index (κ1) is 13.6. The minimum atomic E-state index is 0.663. The third-order valence-electron chi connectivity index (χ3n) is 4.86. The minimum absolute atomic E-state index is 0.663. The molecule has 19 heavy (non-hydrogen) atoms. The number of halogens is 1. The lowest BCUT2D eigenvalue weighted by atomic mass is 9.73. The highest BCUT2D eigenvalue weighted by molar-refractivity contribution is 9.10. The lowest BCUT2D eigenvalue weighted by molar-refractivity contribution is -0.0299. The van der Waals surface area contributed by atoms with E-state index >= 15 is 0 Å². The quantitative estimate of drug-likeness (QED) is 0.804. The highest BCUT2D eigenvalue weighted by Crippen LogP contribution is 2.44. The van der Waals surface area contributed by atoms with E-state index in [0.29, 0.717) is 5.92 Å². The highest BCUT2D eigenvalue weighted by Gasteiger charge is 2.47. The number of hydrogen-bond acceptors (Lipinski definition) is 2. The van der Waals surface area contributed by atoms with Crippen molar-refractivity contribution in [1.29, 1.82) is 0 Å². The summed E-state index contributed by atoms with van der Waals surface area (Å²) in [5.74, 6) is 0.663.